The van der Waals surface area contributed by atoms with E-state index in [4.69, 9.17) is 23.4 Å². The topological polar surface area (TPSA) is 63.2 Å². The number of rotatable bonds is 9. The van der Waals surface area contributed by atoms with Crippen LogP contribution in [0.5, 0.6) is 0 Å². The number of ether oxygens (including phenoxy) is 4. The molecule has 0 bridgehead atoms. The summed E-state index contributed by atoms with van der Waals surface area (Å²) in [5.74, 6) is -1.64. The lowest BCUT2D eigenvalue weighted by Crippen LogP contribution is -2.60. The van der Waals surface area contributed by atoms with E-state index >= 15 is 0 Å². The highest BCUT2D eigenvalue weighted by Crippen LogP contribution is 2.45. The number of benzene rings is 1. The monoisotopic (exact) mass is 532 g/mol. The van der Waals surface area contributed by atoms with Gasteiger partial charge in [0.2, 0.25) is 0 Å². The zero-order chi connectivity index (χ0) is 27.5. The Kier molecular flexibility index (Phi) is 9.63. The van der Waals surface area contributed by atoms with Gasteiger partial charge in [0.05, 0.1) is 13.0 Å². The molecule has 0 aliphatic carbocycles. The number of allylic oxidation sites excluding steroid dienone is 1. The molecule has 2 fully saturated rings. The highest BCUT2D eigenvalue weighted by atomic mass is 28.4. The lowest BCUT2D eigenvalue weighted by molar-refractivity contribution is -0.442. The van der Waals surface area contributed by atoms with Crippen LogP contribution in [0.4, 0.5) is 0 Å². The van der Waals surface area contributed by atoms with Crippen molar-refractivity contribution in [2.45, 2.75) is 110 Å². The molecule has 1 spiro atoms. The fourth-order valence-corrected chi connectivity index (χ4v) is 5.92. The average molecular weight is 533 g/mol. The summed E-state index contributed by atoms with van der Waals surface area (Å²) in [6, 6.07) is 10.0. The van der Waals surface area contributed by atoms with E-state index in [0.717, 1.165) is 18.6 Å². The zero-order valence-electron chi connectivity index (χ0n) is 24.4. The number of carbonyl (C=O) groups is 1. The first-order valence-corrected chi connectivity index (χ1v) is 16.5. The first-order chi connectivity index (χ1) is 17.1. The molecule has 7 heteroatoms. The van der Waals surface area contributed by atoms with Gasteiger partial charge in [-0.05, 0) is 56.8 Å². The van der Waals surface area contributed by atoms with Crippen LogP contribution in [0.2, 0.25) is 18.1 Å². The maximum absolute atomic E-state index is 12.5. The molecular formula is C30H48O6Si. The van der Waals surface area contributed by atoms with Crippen molar-refractivity contribution in [1.82, 2.24) is 0 Å². The molecular weight excluding hydrogens is 484 g/mol. The standard InChI is InChI=1S/C30H48O6Si/c1-22(15-23(2)19-34-37(8,9)28(3,4)5)16-25-17-26(31)21-33-30(25)18-27(35-29(6,7)36-30)32-20-24-13-11-10-12-14-24/h10-14,16,23,25,27H,15,17-21H2,1-9H3/b22-16+/t23-,25+,27+,30+/m1/s1. The van der Waals surface area contributed by atoms with E-state index in [2.05, 4.69) is 53.8 Å². The normalized spacial score (nSPS) is 27.9. The largest absolute Gasteiger partial charge is 0.417 e. The van der Waals surface area contributed by atoms with Gasteiger partial charge >= 0.3 is 0 Å². The summed E-state index contributed by atoms with van der Waals surface area (Å²) in [6.45, 7) is 20.7. The minimum Gasteiger partial charge on any atom is -0.417 e. The molecule has 0 aromatic heterocycles. The van der Waals surface area contributed by atoms with Gasteiger partial charge in [0.15, 0.2) is 32.0 Å². The zero-order valence-corrected chi connectivity index (χ0v) is 25.4. The van der Waals surface area contributed by atoms with Gasteiger partial charge in [0.1, 0.15) is 6.61 Å². The third-order valence-corrected chi connectivity index (χ3v) is 12.2. The molecule has 1 aromatic carbocycles. The van der Waals surface area contributed by atoms with E-state index in [1.165, 1.54) is 5.57 Å². The minimum absolute atomic E-state index is 0.0433. The van der Waals surface area contributed by atoms with Gasteiger partial charge in [-0.1, -0.05) is 69.7 Å². The van der Waals surface area contributed by atoms with Crippen molar-refractivity contribution in [2.24, 2.45) is 11.8 Å². The van der Waals surface area contributed by atoms with Crippen LogP contribution in [0.15, 0.2) is 42.0 Å². The second-order valence-corrected chi connectivity index (χ2v) is 17.7. The highest BCUT2D eigenvalue weighted by Gasteiger charge is 2.54. The van der Waals surface area contributed by atoms with Crippen LogP contribution >= 0.6 is 0 Å². The fourth-order valence-electron chi connectivity index (χ4n) is 4.79. The van der Waals surface area contributed by atoms with E-state index in [-0.39, 0.29) is 23.3 Å². The molecule has 0 N–H and O–H groups in total. The molecule has 1 aromatic rings. The molecule has 4 atom stereocenters. The lowest BCUT2D eigenvalue weighted by Gasteiger charge is -2.51. The van der Waals surface area contributed by atoms with Gasteiger partial charge in [-0.15, -0.1) is 0 Å². The Morgan fingerprint density at radius 1 is 1.22 bits per heavy atom. The van der Waals surface area contributed by atoms with Gasteiger partial charge < -0.3 is 23.4 Å². The fraction of sp³-hybridized carbons (Fsp3) is 0.700. The Balaban J connectivity index is 1.71. The van der Waals surface area contributed by atoms with Gasteiger partial charge in [-0.2, -0.15) is 0 Å². The SMILES string of the molecule is C/C(=C\[C@H]1CC(=O)CO[C@]12C[C@@H](OCc1ccccc1)OC(C)(C)O2)C[C@@H](C)CO[Si](C)(C)C(C)(C)C. The Bertz CT molecular complexity index is 935. The smallest absolute Gasteiger partial charge is 0.191 e. The molecule has 37 heavy (non-hydrogen) atoms. The first-order valence-electron chi connectivity index (χ1n) is 13.6. The second-order valence-electron chi connectivity index (χ2n) is 12.9. The predicted molar refractivity (Wildman–Crippen MR) is 148 cm³/mol. The van der Waals surface area contributed by atoms with Crippen molar-refractivity contribution in [1.29, 1.82) is 0 Å². The van der Waals surface area contributed by atoms with Crippen LogP contribution < -0.4 is 0 Å². The third kappa shape index (κ3) is 8.31. The molecule has 2 saturated heterocycles. The Labute approximate surface area is 225 Å². The summed E-state index contributed by atoms with van der Waals surface area (Å²) in [5.41, 5.74) is 2.29. The second kappa shape index (κ2) is 11.8. The van der Waals surface area contributed by atoms with E-state index in [0.29, 0.717) is 25.4 Å². The minimum atomic E-state index is -1.79. The lowest BCUT2D eigenvalue weighted by atomic mass is 9.84. The van der Waals surface area contributed by atoms with Crippen LogP contribution in [0.25, 0.3) is 0 Å². The summed E-state index contributed by atoms with van der Waals surface area (Å²) in [7, 11) is -1.79. The van der Waals surface area contributed by atoms with E-state index in [1.807, 2.05) is 44.2 Å². The van der Waals surface area contributed by atoms with Gasteiger partial charge in [-0.3, -0.25) is 4.79 Å². The Morgan fingerprint density at radius 2 is 1.89 bits per heavy atom. The summed E-state index contributed by atoms with van der Waals surface area (Å²) >= 11 is 0. The van der Waals surface area contributed by atoms with Gasteiger partial charge in [-0.25, -0.2) is 0 Å². The van der Waals surface area contributed by atoms with Crippen molar-refractivity contribution in [2.75, 3.05) is 13.2 Å². The number of hydrogen-bond donors (Lipinski definition) is 0. The quantitative estimate of drug-likeness (QED) is 0.252. The van der Waals surface area contributed by atoms with Crippen LogP contribution in [0.1, 0.15) is 73.3 Å². The Morgan fingerprint density at radius 3 is 2.54 bits per heavy atom. The van der Waals surface area contributed by atoms with Crippen molar-refractivity contribution < 1.29 is 28.2 Å². The summed E-state index contributed by atoms with van der Waals surface area (Å²) in [5, 5.41) is 0.191. The maximum atomic E-state index is 12.5. The molecule has 0 amide bonds. The molecule has 0 unspecified atom stereocenters. The summed E-state index contributed by atoms with van der Waals surface area (Å²) < 4.78 is 31.4. The molecule has 0 radical (unpaired) electrons. The molecule has 2 heterocycles. The predicted octanol–water partition coefficient (Wildman–Crippen LogP) is 7.00. The van der Waals surface area contributed by atoms with Crippen molar-refractivity contribution >= 4 is 14.1 Å². The van der Waals surface area contributed by atoms with E-state index < -0.39 is 26.2 Å². The Hall–Kier alpha value is -1.35. The van der Waals surface area contributed by atoms with Crippen molar-refractivity contribution in [3.05, 3.63) is 47.5 Å². The number of Topliss-reactive ketones (excluding diaryl/α,β-unsaturated/α-hetero) is 1. The molecule has 2 aliphatic heterocycles. The molecule has 3 rings (SSSR count). The van der Waals surface area contributed by atoms with Crippen LogP contribution in [0, 0.1) is 11.8 Å². The maximum Gasteiger partial charge on any atom is 0.191 e. The van der Waals surface area contributed by atoms with E-state index in [1.54, 1.807) is 0 Å². The highest BCUT2D eigenvalue weighted by molar-refractivity contribution is 6.74. The summed E-state index contributed by atoms with van der Waals surface area (Å²) in [4.78, 5) is 12.5. The molecule has 2 aliphatic rings. The number of hydrogen-bond acceptors (Lipinski definition) is 6. The van der Waals surface area contributed by atoms with E-state index in [9.17, 15) is 4.79 Å². The number of ketones is 1. The number of carbonyl (C=O) groups excluding carboxylic acids is 1. The summed E-state index contributed by atoms with van der Waals surface area (Å²) in [6.07, 6.45) is 3.34. The molecule has 6 nitrogen and oxygen atoms in total. The third-order valence-electron chi connectivity index (χ3n) is 7.74. The first kappa shape index (κ1) is 30.2. The van der Waals surface area contributed by atoms with Gasteiger partial charge in [0, 0.05) is 18.9 Å². The van der Waals surface area contributed by atoms with Crippen molar-refractivity contribution in [3.8, 4) is 0 Å². The average Bonchev–Trinajstić information content (AvgIpc) is 2.78. The molecule has 208 valence electrons. The van der Waals surface area contributed by atoms with Crippen LogP contribution in [-0.2, 0) is 34.8 Å². The van der Waals surface area contributed by atoms with Crippen LogP contribution in [-0.4, -0.2) is 45.2 Å². The van der Waals surface area contributed by atoms with Gasteiger partial charge in [0.25, 0.3) is 0 Å². The van der Waals surface area contributed by atoms with Crippen molar-refractivity contribution in [3.63, 3.8) is 0 Å². The molecule has 0 saturated carbocycles. The van der Waals surface area contributed by atoms with Crippen LogP contribution in [0.3, 0.4) is 0 Å².